The molecule has 2 aromatic rings. The Morgan fingerprint density at radius 1 is 1.43 bits per heavy atom. The summed E-state index contributed by atoms with van der Waals surface area (Å²) in [7, 11) is 1.58. The van der Waals surface area contributed by atoms with E-state index in [1.54, 1.807) is 23.9 Å². The number of methoxy groups -OCH3 is 1. The number of aryl methyl sites for hydroxylation is 1. The Morgan fingerprint density at radius 3 is 2.71 bits per heavy atom. The van der Waals surface area contributed by atoms with Crippen molar-refractivity contribution >= 4 is 33.2 Å². The molecule has 0 saturated carbocycles. The molecule has 0 radical (unpaired) electrons. The molecule has 0 spiro atoms. The molecule has 0 aliphatic carbocycles. The highest BCUT2D eigenvalue weighted by Crippen LogP contribution is 2.24. The van der Waals surface area contributed by atoms with Crippen molar-refractivity contribution in [3.63, 3.8) is 0 Å². The smallest absolute Gasteiger partial charge is 0.246 e. The van der Waals surface area contributed by atoms with Crippen molar-refractivity contribution in [3.8, 4) is 5.75 Å². The van der Waals surface area contributed by atoms with Crippen molar-refractivity contribution in [1.29, 1.82) is 0 Å². The van der Waals surface area contributed by atoms with Gasteiger partial charge in [-0.1, -0.05) is 15.9 Å². The van der Waals surface area contributed by atoms with Crippen LogP contribution in [0.15, 0.2) is 22.7 Å². The Balaban J connectivity index is 2.11. The van der Waals surface area contributed by atoms with Crippen LogP contribution in [0.5, 0.6) is 5.75 Å². The lowest BCUT2D eigenvalue weighted by Crippen LogP contribution is -2.20. The summed E-state index contributed by atoms with van der Waals surface area (Å²) >= 11 is 3.37. The number of anilines is 2. The summed E-state index contributed by atoms with van der Waals surface area (Å²) < 4.78 is 7.58. The van der Waals surface area contributed by atoms with Gasteiger partial charge in [0, 0.05) is 16.2 Å². The maximum Gasteiger partial charge on any atom is 0.246 e. The first-order valence-corrected chi connectivity index (χ1v) is 7.14. The second-order valence-corrected chi connectivity index (χ2v) is 5.59. The van der Waals surface area contributed by atoms with Gasteiger partial charge < -0.3 is 15.8 Å². The fraction of sp³-hybridized carbons (Fsp3) is 0.286. The van der Waals surface area contributed by atoms with Gasteiger partial charge >= 0.3 is 0 Å². The standard InChI is InChI=1S/C14H17BrN4O2/c1-8-14(16)9(2)19(18-8)7-13(20)17-11-4-10(15)5-12(6-11)21-3/h4-6H,7,16H2,1-3H3,(H,17,20). The second kappa shape index (κ2) is 6.17. The van der Waals surface area contributed by atoms with E-state index in [1.807, 2.05) is 19.9 Å². The third-order valence-electron chi connectivity index (χ3n) is 3.12. The van der Waals surface area contributed by atoms with Gasteiger partial charge in [0.25, 0.3) is 0 Å². The molecule has 1 amide bonds. The highest BCUT2D eigenvalue weighted by molar-refractivity contribution is 9.10. The van der Waals surface area contributed by atoms with Crippen molar-refractivity contribution in [2.75, 3.05) is 18.2 Å². The Labute approximate surface area is 131 Å². The fourth-order valence-electron chi connectivity index (χ4n) is 1.95. The number of nitrogens with one attached hydrogen (secondary N) is 1. The summed E-state index contributed by atoms with van der Waals surface area (Å²) in [4.78, 5) is 12.1. The number of nitrogens with two attached hydrogens (primary N) is 1. The SMILES string of the molecule is COc1cc(Br)cc(NC(=O)Cn2nc(C)c(N)c2C)c1. The third kappa shape index (κ3) is 3.55. The number of nitrogens with zero attached hydrogens (tertiary/aromatic N) is 2. The van der Waals surface area contributed by atoms with Crippen LogP contribution < -0.4 is 15.8 Å². The zero-order valence-electron chi connectivity index (χ0n) is 12.1. The van der Waals surface area contributed by atoms with Gasteiger partial charge in [0.1, 0.15) is 12.3 Å². The molecular weight excluding hydrogens is 336 g/mol. The van der Waals surface area contributed by atoms with E-state index in [1.165, 1.54) is 0 Å². The molecule has 0 unspecified atom stereocenters. The number of halogens is 1. The fourth-order valence-corrected chi connectivity index (χ4v) is 2.43. The first kappa shape index (κ1) is 15.4. The molecule has 7 heteroatoms. The van der Waals surface area contributed by atoms with Crippen LogP contribution in [0.25, 0.3) is 0 Å². The largest absolute Gasteiger partial charge is 0.497 e. The molecule has 1 heterocycles. The van der Waals surface area contributed by atoms with Crippen LogP contribution in [-0.4, -0.2) is 22.8 Å². The van der Waals surface area contributed by atoms with Gasteiger partial charge in [-0.15, -0.1) is 0 Å². The van der Waals surface area contributed by atoms with Crippen LogP contribution in [0.4, 0.5) is 11.4 Å². The number of aromatic nitrogens is 2. The Morgan fingerprint density at radius 2 is 2.14 bits per heavy atom. The van der Waals surface area contributed by atoms with Crippen LogP contribution in [0.2, 0.25) is 0 Å². The maximum atomic E-state index is 12.1. The van der Waals surface area contributed by atoms with E-state index >= 15 is 0 Å². The number of amides is 1. The second-order valence-electron chi connectivity index (χ2n) is 4.67. The molecule has 1 aromatic heterocycles. The Hall–Kier alpha value is -2.02. The first-order valence-electron chi connectivity index (χ1n) is 6.34. The zero-order chi connectivity index (χ0) is 15.6. The van der Waals surface area contributed by atoms with Gasteiger partial charge in [0.15, 0.2) is 0 Å². The molecule has 3 N–H and O–H groups in total. The van der Waals surface area contributed by atoms with Crippen molar-refractivity contribution in [3.05, 3.63) is 34.1 Å². The number of hydrogen-bond acceptors (Lipinski definition) is 4. The van der Waals surface area contributed by atoms with E-state index < -0.39 is 0 Å². The molecule has 21 heavy (non-hydrogen) atoms. The number of nitrogen functional groups attached to an aromatic ring is 1. The van der Waals surface area contributed by atoms with E-state index in [4.69, 9.17) is 10.5 Å². The molecule has 0 bridgehead atoms. The molecule has 6 nitrogen and oxygen atoms in total. The van der Waals surface area contributed by atoms with E-state index in [0.29, 0.717) is 17.1 Å². The van der Waals surface area contributed by atoms with Crippen LogP contribution in [0, 0.1) is 13.8 Å². The summed E-state index contributed by atoms with van der Waals surface area (Å²) in [6.45, 7) is 3.76. The van der Waals surface area contributed by atoms with Crippen molar-refractivity contribution in [2.24, 2.45) is 0 Å². The monoisotopic (exact) mass is 352 g/mol. The number of benzene rings is 1. The van der Waals surface area contributed by atoms with E-state index in [-0.39, 0.29) is 12.5 Å². The van der Waals surface area contributed by atoms with Crippen LogP contribution in [0.3, 0.4) is 0 Å². The third-order valence-corrected chi connectivity index (χ3v) is 3.58. The molecule has 0 aliphatic rings. The number of ether oxygens (including phenoxy) is 1. The average Bonchev–Trinajstić information content (AvgIpc) is 2.65. The summed E-state index contributed by atoms with van der Waals surface area (Å²) in [6, 6.07) is 5.37. The maximum absolute atomic E-state index is 12.1. The number of rotatable bonds is 4. The predicted molar refractivity (Wildman–Crippen MR) is 85.4 cm³/mol. The van der Waals surface area contributed by atoms with Gasteiger partial charge in [-0.3, -0.25) is 9.48 Å². The topological polar surface area (TPSA) is 82.2 Å². The number of carbonyl (C=O) groups is 1. The molecule has 2 rings (SSSR count). The molecular formula is C14H17BrN4O2. The van der Waals surface area contributed by atoms with E-state index in [9.17, 15) is 4.79 Å². The van der Waals surface area contributed by atoms with Gasteiger partial charge in [-0.25, -0.2) is 0 Å². The number of carbonyl (C=O) groups excluding carboxylic acids is 1. The van der Waals surface area contributed by atoms with Crippen LogP contribution in [-0.2, 0) is 11.3 Å². The lowest BCUT2D eigenvalue weighted by Gasteiger charge is -2.09. The molecule has 0 fully saturated rings. The average molecular weight is 353 g/mol. The molecule has 0 atom stereocenters. The van der Waals surface area contributed by atoms with Gasteiger partial charge in [0.05, 0.1) is 24.2 Å². The van der Waals surface area contributed by atoms with Gasteiger partial charge in [0.2, 0.25) is 5.91 Å². The van der Waals surface area contributed by atoms with Crippen molar-refractivity contribution < 1.29 is 9.53 Å². The lowest BCUT2D eigenvalue weighted by molar-refractivity contribution is -0.116. The Kier molecular flexibility index (Phi) is 4.52. The van der Waals surface area contributed by atoms with Gasteiger partial charge in [-0.05, 0) is 26.0 Å². The normalized spacial score (nSPS) is 10.5. The summed E-state index contributed by atoms with van der Waals surface area (Å²) in [5.74, 6) is 0.482. The highest BCUT2D eigenvalue weighted by atomic mass is 79.9. The predicted octanol–water partition coefficient (Wildman–Crippen LogP) is 2.49. The zero-order valence-corrected chi connectivity index (χ0v) is 13.7. The van der Waals surface area contributed by atoms with Gasteiger partial charge in [-0.2, -0.15) is 5.10 Å². The summed E-state index contributed by atoms with van der Waals surface area (Å²) in [6.07, 6.45) is 0. The molecule has 0 saturated heterocycles. The quantitative estimate of drug-likeness (QED) is 0.885. The van der Waals surface area contributed by atoms with Crippen molar-refractivity contribution in [1.82, 2.24) is 9.78 Å². The highest BCUT2D eigenvalue weighted by Gasteiger charge is 2.12. The molecule has 1 aromatic carbocycles. The first-order chi connectivity index (χ1) is 9.90. The lowest BCUT2D eigenvalue weighted by atomic mass is 10.3. The molecule has 0 aliphatic heterocycles. The van der Waals surface area contributed by atoms with Crippen LogP contribution >= 0.6 is 15.9 Å². The summed E-state index contributed by atoms with van der Waals surface area (Å²) in [5, 5.41) is 7.05. The minimum atomic E-state index is -0.180. The van der Waals surface area contributed by atoms with E-state index in [2.05, 4.69) is 26.3 Å². The van der Waals surface area contributed by atoms with Crippen LogP contribution in [0.1, 0.15) is 11.4 Å². The summed E-state index contributed by atoms with van der Waals surface area (Å²) in [5.41, 5.74) is 8.63. The minimum absolute atomic E-state index is 0.110. The Bertz CT molecular complexity index is 682. The number of hydrogen-bond donors (Lipinski definition) is 2. The molecule has 112 valence electrons. The van der Waals surface area contributed by atoms with E-state index in [0.717, 1.165) is 15.9 Å². The van der Waals surface area contributed by atoms with Crippen molar-refractivity contribution in [2.45, 2.75) is 20.4 Å². The minimum Gasteiger partial charge on any atom is -0.497 e.